The van der Waals surface area contributed by atoms with Crippen molar-refractivity contribution in [3.05, 3.63) is 35.9 Å². The van der Waals surface area contributed by atoms with Crippen molar-refractivity contribution in [3.63, 3.8) is 0 Å². The number of hydrazine groups is 1. The van der Waals surface area contributed by atoms with Gasteiger partial charge in [-0.1, -0.05) is 30.3 Å². The number of rotatable bonds is 5. The molecule has 0 radical (unpaired) electrons. The molecule has 0 fully saturated rings. The van der Waals surface area contributed by atoms with Crippen LogP contribution in [-0.4, -0.2) is 58.1 Å². The van der Waals surface area contributed by atoms with Crippen molar-refractivity contribution in [3.8, 4) is 0 Å². The van der Waals surface area contributed by atoms with Gasteiger partial charge in [-0.05, 0) is 61.0 Å². The van der Waals surface area contributed by atoms with Gasteiger partial charge in [0.1, 0.15) is 17.8 Å². The van der Waals surface area contributed by atoms with Crippen LogP contribution in [0.1, 0.15) is 61.0 Å². The van der Waals surface area contributed by atoms with E-state index in [1.807, 2.05) is 0 Å². The van der Waals surface area contributed by atoms with Crippen LogP contribution < -0.4 is 0 Å². The van der Waals surface area contributed by atoms with Gasteiger partial charge >= 0.3 is 24.2 Å². The lowest BCUT2D eigenvalue weighted by Crippen LogP contribution is -2.60. The Balaban J connectivity index is 3.39. The van der Waals surface area contributed by atoms with E-state index in [0.29, 0.717) is 15.6 Å². The summed E-state index contributed by atoms with van der Waals surface area (Å²) in [6.07, 6.45) is -3.58. The molecular formula is C23H34N2O8. The van der Waals surface area contributed by atoms with Crippen molar-refractivity contribution in [1.82, 2.24) is 10.0 Å². The number of ether oxygens (including phenoxy) is 4. The third-order valence-electron chi connectivity index (χ3n) is 3.74. The highest BCUT2D eigenvalue weighted by molar-refractivity contribution is 5.92. The summed E-state index contributed by atoms with van der Waals surface area (Å²) in [4.78, 5) is 51.6. The van der Waals surface area contributed by atoms with E-state index >= 15 is 0 Å². The zero-order chi connectivity index (χ0) is 25.4. The molecule has 0 aromatic heterocycles. The molecule has 0 spiro atoms. The van der Waals surface area contributed by atoms with E-state index < -0.39 is 41.5 Å². The largest absolute Gasteiger partial charge is 0.464 e. The monoisotopic (exact) mass is 466 g/mol. The van der Waals surface area contributed by atoms with E-state index in [1.54, 1.807) is 78.8 Å². The molecule has 0 saturated carbocycles. The lowest BCUT2D eigenvalue weighted by atomic mass is 10.2. The Labute approximate surface area is 194 Å². The molecule has 0 heterocycles. The van der Waals surface area contributed by atoms with Crippen LogP contribution in [0.3, 0.4) is 0 Å². The number of esters is 1. The number of carbonyl (C=O) groups excluding carboxylic acids is 4. The van der Waals surface area contributed by atoms with E-state index in [9.17, 15) is 19.2 Å². The van der Waals surface area contributed by atoms with Gasteiger partial charge in [0.2, 0.25) is 0 Å². The lowest BCUT2D eigenvalue weighted by molar-refractivity contribution is -0.153. The van der Waals surface area contributed by atoms with Crippen molar-refractivity contribution < 1.29 is 38.1 Å². The molecule has 10 heteroatoms. The van der Waals surface area contributed by atoms with Crippen molar-refractivity contribution in [1.29, 1.82) is 0 Å². The van der Waals surface area contributed by atoms with Gasteiger partial charge < -0.3 is 18.9 Å². The highest BCUT2D eigenvalue weighted by Crippen LogP contribution is 2.20. The Morgan fingerprint density at radius 3 is 1.73 bits per heavy atom. The first-order valence-electron chi connectivity index (χ1n) is 10.6. The molecule has 0 saturated heterocycles. The van der Waals surface area contributed by atoms with Gasteiger partial charge in [0.15, 0.2) is 6.04 Å². The Hall–Kier alpha value is -3.30. The first kappa shape index (κ1) is 27.7. The van der Waals surface area contributed by atoms with Gasteiger partial charge in [-0.25, -0.2) is 19.2 Å². The second-order valence-electron chi connectivity index (χ2n) is 9.09. The molecule has 0 aliphatic rings. The number of nitrogens with zero attached hydrogens (tertiary/aromatic N) is 2. The third-order valence-corrected chi connectivity index (χ3v) is 3.74. The predicted octanol–water partition coefficient (Wildman–Crippen LogP) is 4.66. The molecule has 1 aromatic carbocycles. The molecule has 10 nitrogen and oxygen atoms in total. The van der Waals surface area contributed by atoms with Gasteiger partial charge in [0, 0.05) is 0 Å². The minimum Gasteiger partial charge on any atom is -0.464 e. The summed E-state index contributed by atoms with van der Waals surface area (Å²) in [7, 11) is 0. The average molecular weight is 467 g/mol. The molecule has 0 aliphatic heterocycles. The molecule has 33 heavy (non-hydrogen) atoms. The number of hydrogen-bond donors (Lipinski definition) is 0. The van der Waals surface area contributed by atoms with Crippen molar-refractivity contribution in [2.45, 2.75) is 79.2 Å². The van der Waals surface area contributed by atoms with Crippen molar-refractivity contribution in [2.75, 3.05) is 6.61 Å². The SMILES string of the molecule is CCOC(=O)[C@H](C)N(C(=O)OCc1ccccc1)N(C(=O)OC(C)(C)C)C(=O)OC(C)(C)C. The van der Waals surface area contributed by atoms with Gasteiger partial charge in [-0.2, -0.15) is 5.01 Å². The van der Waals surface area contributed by atoms with Crippen molar-refractivity contribution >= 4 is 24.2 Å². The van der Waals surface area contributed by atoms with Gasteiger partial charge in [-0.15, -0.1) is 5.01 Å². The molecule has 184 valence electrons. The summed E-state index contributed by atoms with van der Waals surface area (Å²) in [5.74, 6) is -0.855. The Morgan fingerprint density at radius 1 is 0.818 bits per heavy atom. The van der Waals surface area contributed by atoms with Gasteiger partial charge in [0.05, 0.1) is 6.61 Å². The molecule has 0 bridgehead atoms. The van der Waals surface area contributed by atoms with Crippen LogP contribution in [0.25, 0.3) is 0 Å². The molecular weight excluding hydrogens is 432 g/mol. The number of amides is 3. The summed E-state index contributed by atoms with van der Waals surface area (Å²) < 4.78 is 20.9. The van der Waals surface area contributed by atoms with Crippen LogP contribution in [0.4, 0.5) is 14.4 Å². The second-order valence-corrected chi connectivity index (χ2v) is 9.09. The minimum absolute atomic E-state index is 0.0228. The summed E-state index contributed by atoms with van der Waals surface area (Å²) in [5.41, 5.74) is -1.36. The molecule has 3 amide bonds. The second kappa shape index (κ2) is 11.5. The van der Waals surface area contributed by atoms with E-state index in [4.69, 9.17) is 18.9 Å². The Morgan fingerprint density at radius 2 is 1.30 bits per heavy atom. The van der Waals surface area contributed by atoms with Crippen molar-refractivity contribution in [2.24, 2.45) is 0 Å². The van der Waals surface area contributed by atoms with E-state index in [1.165, 1.54) is 6.92 Å². The fraction of sp³-hybridized carbons (Fsp3) is 0.565. The first-order valence-corrected chi connectivity index (χ1v) is 10.6. The zero-order valence-corrected chi connectivity index (χ0v) is 20.5. The highest BCUT2D eigenvalue weighted by Gasteiger charge is 2.44. The topological polar surface area (TPSA) is 112 Å². The van der Waals surface area contributed by atoms with Gasteiger partial charge in [-0.3, -0.25) is 0 Å². The summed E-state index contributed by atoms with van der Waals surface area (Å²) in [6, 6.07) is 7.37. The summed E-state index contributed by atoms with van der Waals surface area (Å²) in [6.45, 7) is 12.3. The van der Waals surface area contributed by atoms with Crippen LogP contribution in [0.2, 0.25) is 0 Å². The lowest BCUT2D eigenvalue weighted by Gasteiger charge is -2.36. The fourth-order valence-corrected chi connectivity index (χ4v) is 2.42. The van der Waals surface area contributed by atoms with E-state index in [2.05, 4.69) is 0 Å². The maximum absolute atomic E-state index is 13.1. The Bertz CT molecular complexity index is 799. The molecule has 0 N–H and O–H groups in total. The number of hydrogen-bond acceptors (Lipinski definition) is 8. The van der Waals surface area contributed by atoms with Crippen LogP contribution in [0, 0.1) is 0 Å². The summed E-state index contributed by atoms with van der Waals surface area (Å²) in [5, 5.41) is 0.870. The molecule has 1 atom stereocenters. The van der Waals surface area contributed by atoms with Crippen LogP contribution in [0.5, 0.6) is 0 Å². The average Bonchev–Trinajstić information content (AvgIpc) is 2.67. The van der Waals surface area contributed by atoms with Gasteiger partial charge in [0.25, 0.3) is 0 Å². The number of benzene rings is 1. The Kier molecular flexibility index (Phi) is 9.69. The minimum atomic E-state index is -1.41. The maximum Gasteiger partial charge on any atom is 0.439 e. The number of carbonyl (C=O) groups is 4. The normalized spacial score (nSPS) is 12.2. The standard InChI is InChI=1S/C23H34N2O8/c1-9-30-18(26)16(2)24(19(27)31-15-17-13-11-10-12-14-17)25(20(28)32-22(3,4)5)21(29)33-23(6,7)8/h10-14,16H,9,15H2,1-8H3/t16-/m0/s1. The van der Waals surface area contributed by atoms with Crippen LogP contribution in [-0.2, 0) is 30.3 Å². The third kappa shape index (κ3) is 9.38. The molecule has 0 unspecified atom stereocenters. The smallest absolute Gasteiger partial charge is 0.439 e. The summed E-state index contributed by atoms with van der Waals surface area (Å²) >= 11 is 0. The van der Waals surface area contributed by atoms with E-state index in [0.717, 1.165) is 0 Å². The first-order chi connectivity index (χ1) is 15.2. The molecule has 1 rings (SSSR count). The predicted molar refractivity (Wildman–Crippen MR) is 119 cm³/mol. The number of imide groups is 1. The molecule has 1 aromatic rings. The quantitative estimate of drug-likeness (QED) is 0.350. The zero-order valence-electron chi connectivity index (χ0n) is 20.5. The fourth-order valence-electron chi connectivity index (χ4n) is 2.42. The van der Waals surface area contributed by atoms with E-state index in [-0.39, 0.29) is 13.2 Å². The molecule has 0 aliphatic carbocycles. The van der Waals surface area contributed by atoms with Crippen LogP contribution in [0.15, 0.2) is 30.3 Å². The van der Waals surface area contributed by atoms with Crippen LogP contribution >= 0.6 is 0 Å². The highest BCUT2D eigenvalue weighted by atomic mass is 16.6. The maximum atomic E-state index is 13.1.